The molecule has 11 heteroatoms. The number of carbonyl (C=O) groups excluding carboxylic acids is 1. The first-order chi connectivity index (χ1) is 17.0. The molecule has 1 unspecified atom stereocenters. The van der Waals surface area contributed by atoms with E-state index in [1.807, 2.05) is 6.92 Å². The van der Waals surface area contributed by atoms with E-state index in [1.165, 1.54) is 6.92 Å². The van der Waals surface area contributed by atoms with Gasteiger partial charge in [0.2, 0.25) is 0 Å². The minimum Gasteiger partial charge on any atom is -0.451 e. The Morgan fingerprint density at radius 2 is 1.92 bits per heavy atom. The van der Waals surface area contributed by atoms with Crippen LogP contribution in [0.1, 0.15) is 55.9 Å². The molecule has 204 valence electrons. The predicted octanol–water partition coefficient (Wildman–Crippen LogP) is 2.79. The van der Waals surface area contributed by atoms with E-state index < -0.39 is 71.2 Å². The zero-order valence-electron chi connectivity index (χ0n) is 21.2. The minimum atomic E-state index is -5.02. The van der Waals surface area contributed by atoms with Crippen LogP contribution in [0.2, 0.25) is 0 Å². The highest BCUT2D eigenvalue weighted by Gasteiger charge is 2.76. The van der Waals surface area contributed by atoms with Gasteiger partial charge in [0.15, 0.2) is 6.10 Å². The summed E-state index contributed by atoms with van der Waals surface area (Å²) in [7, 11) is 0. The van der Waals surface area contributed by atoms with E-state index in [1.54, 1.807) is 12.2 Å². The molecule has 2 bridgehead atoms. The van der Waals surface area contributed by atoms with E-state index in [-0.39, 0.29) is 34.1 Å². The molecular formula is C26H32F3NO7. The van der Waals surface area contributed by atoms with Gasteiger partial charge in [-0.3, -0.25) is 0 Å². The Labute approximate surface area is 211 Å². The van der Waals surface area contributed by atoms with Crippen molar-refractivity contribution in [2.45, 2.75) is 71.1 Å². The molecule has 1 spiro atoms. The lowest BCUT2D eigenvalue weighted by Gasteiger charge is -2.52. The smallest absolute Gasteiger partial charge is 0.451 e. The van der Waals surface area contributed by atoms with E-state index >= 15 is 0 Å². The van der Waals surface area contributed by atoms with Gasteiger partial charge in [-0.25, -0.2) is 4.79 Å². The number of hydrogen-bond donors (Lipinski definition) is 4. The Morgan fingerprint density at radius 1 is 1.27 bits per heavy atom. The molecule has 4 aliphatic rings. The Balaban J connectivity index is 1.63. The van der Waals surface area contributed by atoms with Crippen molar-refractivity contribution in [3.63, 3.8) is 0 Å². The molecular weight excluding hydrogens is 495 g/mol. The number of aromatic nitrogens is 1. The molecule has 4 N–H and O–H groups in total. The summed E-state index contributed by atoms with van der Waals surface area (Å²) in [6.45, 7) is 8.10. The maximum atomic E-state index is 13.5. The van der Waals surface area contributed by atoms with Gasteiger partial charge in [-0.1, -0.05) is 38.1 Å². The zero-order chi connectivity index (χ0) is 27.5. The quantitative estimate of drug-likeness (QED) is 0.349. The summed E-state index contributed by atoms with van der Waals surface area (Å²) in [5.74, 6) is -3.73. The molecule has 0 amide bonds. The minimum absolute atomic E-state index is 0.0322. The lowest BCUT2D eigenvalue weighted by atomic mass is 9.58. The van der Waals surface area contributed by atoms with Crippen molar-refractivity contribution in [1.82, 2.24) is 5.16 Å². The first-order valence-electron chi connectivity index (χ1n) is 12.4. The molecule has 8 nitrogen and oxygen atoms in total. The highest BCUT2D eigenvalue weighted by molar-refractivity contribution is 5.92. The van der Waals surface area contributed by atoms with Gasteiger partial charge in [-0.15, -0.1) is 0 Å². The van der Waals surface area contributed by atoms with Gasteiger partial charge >= 0.3 is 12.1 Å². The van der Waals surface area contributed by atoms with Crippen LogP contribution in [0.5, 0.6) is 0 Å². The second-order valence-electron chi connectivity index (χ2n) is 11.8. The van der Waals surface area contributed by atoms with Crippen LogP contribution in [0, 0.1) is 41.4 Å². The third kappa shape index (κ3) is 3.23. The molecule has 1 heterocycles. The monoisotopic (exact) mass is 527 g/mol. The van der Waals surface area contributed by atoms with Crippen LogP contribution in [-0.4, -0.2) is 62.1 Å². The lowest BCUT2D eigenvalue weighted by molar-refractivity contribution is -0.215. The molecule has 1 aromatic rings. The zero-order valence-corrected chi connectivity index (χ0v) is 21.2. The van der Waals surface area contributed by atoms with E-state index in [2.05, 4.69) is 23.5 Å². The summed E-state index contributed by atoms with van der Waals surface area (Å²) < 4.78 is 50.3. The van der Waals surface area contributed by atoms with E-state index in [0.717, 1.165) is 6.92 Å². The Kier molecular flexibility index (Phi) is 5.64. The van der Waals surface area contributed by atoms with Crippen molar-refractivity contribution in [1.29, 1.82) is 0 Å². The third-order valence-electron chi connectivity index (χ3n) is 9.71. The molecule has 2 saturated carbocycles. The van der Waals surface area contributed by atoms with E-state index in [4.69, 9.17) is 4.74 Å². The number of fused-ring (bicyclic) bond motifs is 3. The summed E-state index contributed by atoms with van der Waals surface area (Å²) in [6, 6.07) is 0. The molecule has 0 radical (unpaired) electrons. The third-order valence-corrected chi connectivity index (χ3v) is 9.71. The number of aliphatic hydroxyl groups excluding tert-OH is 3. The van der Waals surface area contributed by atoms with Gasteiger partial charge in [-0.05, 0) is 54.6 Å². The van der Waals surface area contributed by atoms with Gasteiger partial charge in [0.25, 0.3) is 5.76 Å². The first kappa shape index (κ1) is 26.4. The Bertz CT molecular complexity index is 1200. The van der Waals surface area contributed by atoms with Gasteiger partial charge in [-0.2, -0.15) is 13.2 Å². The second-order valence-corrected chi connectivity index (χ2v) is 11.8. The van der Waals surface area contributed by atoms with Crippen molar-refractivity contribution in [3.05, 3.63) is 40.3 Å². The number of carbonyl (C=O) groups is 1. The molecule has 1 aromatic heterocycles. The van der Waals surface area contributed by atoms with Crippen LogP contribution < -0.4 is 0 Å². The number of aryl methyl sites for hydroxylation is 1. The molecule has 0 aliphatic heterocycles. The number of esters is 1. The maximum Gasteiger partial charge on any atom is 0.453 e. The van der Waals surface area contributed by atoms with Crippen molar-refractivity contribution in [2.24, 2.45) is 34.5 Å². The molecule has 5 rings (SSSR count). The molecule has 9 atom stereocenters. The van der Waals surface area contributed by atoms with Crippen LogP contribution in [0.25, 0.3) is 0 Å². The fourth-order valence-electron chi connectivity index (χ4n) is 7.87. The maximum absolute atomic E-state index is 13.5. The Morgan fingerprint density at radius 3 is 2.51 bits per heavy atom. The average Bonchev–Trinajstić information content (AvgIpc) is 3.07. The number of alkyl halides is 3. The highest BCUT2D eigenvalue weighted by atomic mass is 19.4. The number of rotatable bonds is 3. The number of hydrogen-bond acceptors (Lipinski definition) is 8. The van der Waals surface area contributed by atoms with Gasteiger partial charge < -0.3 is 29.7 Å². The molecule has 0 aromatic carbocycles. The average molecular weight is 528 g/mol. The Hall–Kier alpha value is -2.21. The normalized spacial score (nSPS) is 42.1. The number of halogens is 3. The molecule has 4 aliphatic carbocycles. The fourth-order valence-corrected chi connectivity index (χ4v) is 7.87. The van der Waals surface area contributed by atoms with Crippen molar-refractivity contribution >= 4 is 5.97 Å². The number of nitrogens with zero attached hydrogens (tertiary/aromatic N) is 1. The first-order valence-corrected chi connectivity index (χ1v) is 12.4. The van der Waals surface area contributed by atoms with Crippen LogP contribution in [0.15, 0.2) is 27.8 Å². The van der Waals surface area contributed by atoms with Crippen molar-refractivity contribution in [2.75, 3.05) is 6.61 Å². The van der Waals surface area contributed by atoms with Crippen molar-refractivity contribution < 1.29 is 47.7 Å². The number of ether oxygens (including phenoxy) is 1. The van der Waals surface area contributed by atoms with Crippen LogP contribution in [0.4, 0.5) is 13.2 Å². The van der Waals surface area contributed by atoms with Gasteiger partial charge in [0.1, 0.15) is 17.3 Å². The summed E-state index contributed by atoms with van der Waals surface area (Å²) >= 11 is 0. The van der Waals surface area contributed by atoms with Crippen LogP contribution in [0.3, 0.4) is 0 Å². The number of aliphatic hydroxyl groups is 4. The topological polar surface area (TPSA) is 133 Å². The highest BCUT2D eigenvalue weighted by Crippen LogP contribution is 2.72. The van der Waals surface area contributed by atoms with Crippen LogP contribution >= 0.6 is 0 Å². The summed E-state index contributed by atoms with van der Waals surface area (Å²) in [5, 5.41) is 49.2. The molecule has 37 heavy (non-hydrogen) atoms. The van der Waals surface area contributed by atoms with E-state index in [0.29, 0.717) is 6.42 Å². The van der Waals surface area contributed by atoms with E-state index in [9.17, 15) is 38.4 Å². The SMILES string of the molecule is CC1=C[C@]23C(O)[C@@H](C=C(CO)[C@@H](O)[C@]2(O)[C@H]1OC(=O)c1c(C)noc1C(F)(F)F)[C@H]1[C@@H](C[C@H]3C)C1(C)C. The fraction of sp³-hybridized carbons (Fsp3) is 0.692. The van der Waals surface area contributed by atoms with Crippen molar-refractivity contribution in [3.8, 4) is 0 Å². The second kappa shape index (κ2) is 7.91. The molecule has 0 saturated heterocycles. The predicted molar refractivity (Wildman–Crippen MR) is 122 cm³/mol. The van der Waals surface area contributed by atoms with Gasteiger partial charge in [0.05, 0.1) is 23.8 Å². The molecule has 2 fully saturated rings. The summed E-state index contributed by atoms with van der Waals surface area (Å²) in [4.78, 5) is 13.1. The summed E-state index contributed by atoms with van der Waals surface area (Å²) in [5.41, 5.74) is -4.91. The van der Waals surface area contributed by atoms with Gasteiger partial charge in [0, 0.05) is 5.92 Å². The summed E-state index contributed by atoms with van der Waals surface area (Å²) in [6.07, 6.45) is -5.79. The van der Waals surface area contributed by atoms with Crippen LogP contribution in [-0.2, 0) is 10.9 Å². The standard InChI is InChI=1S/C26H32F3NO7/c1-10-8-24-11(2)6-15-17(23(15,4)5)14(19(24)33)7-13(9-31)18(32)25(24,35)20(10)36-22(34)16-12(3)30-37-21(16)26(27,28)29/h7-8,11,14-15,17-20,31-33,35H,6,9H2,1-5H3/t11-,14+,15-,17+,18-,19?,20+,24+,25+/m1/s1. The lowest BCUT2D eigenvalue weighted by Crippen LogP contribution is -2.66. The largest absolute Gasteiger partial charge is 0.453 e.